The zero-order valence-corrected chi connectivity index (χ0v) is 7.25. The van der Waals surface area contributed by atoms with Crippen LogP contribution in [0.1, 0.15) is 5.69 Å². The first-order valence-corrected chi connectivity index (χ1v) is 4.06. The minimum absolute atomic E-state index is 0.0757. The molecule has 0 aliphatic rings. The minimum Gasteiger partial charge on any atom is -0.481 e. The van der Waals surface area contributed by atoms with Crippen LogP contribution in [-0.4, -0.2) is 20.9 Å². The predicted octanol–water partition coefficient (Wildman–Crippen LogP) is 1.09. The molecule has 2 rings (SSSR count). The second kappa shape index (κ2) is 3.37. The second-order valence-corrected chi connectivity index (χ2v) is 2.77. The molecule has 0 fully saturated rings. The van der Waals surface area contributed by atoms with Crippen molar-refractivity contribution in [2.45, 2.75) is 6.42 Å². The van der Waals surface area contributed by atoms with Crippen molar-refractivity contribution >= 4 is 5.97 Å². The number of carboxylic acids is 1. The molecule has 2 heterocycles. The first-order chi connectivity index (χ1) is 6.75. The molecule has 2 aromatic heterocycles. The first-order valence-electron chi connectivity index (χ1n) is 4.06. The van der Waals surface area contributed by atoms with Crippen LogP contribution in [0.3, 0.4) is 0 Å². The molecule has 2 aromatic rings. The van der Waals surface area contributed by atoms with Gasteiger partial charge in [0.15, 0.2) is 0 Å². The van der Waals surface area contributed by atoms with Crippen molar-refractivity contribution in [2.24, 2.45) is 0 Å². The van der Waals surface area contributed by atoms with Gasteiger partial charge < -0.3 is 9.52 Å². The summed E-state index contributed by atoms with van der Waals surface area (Å²) in [5.74, 6) is -0.323. The first kappa shape index (κ1) is 8.55. The standard InChI is InChI=1S/C9H8N2O3/c12-9(13)6-7-3-4-11(10-7)8-2-1-5-14-8/h1-5H,6H2,(H,12,13). The molecule has 0 bridgehead atoms. The van der Waals surface area contributed by atoms with Gasteiger partial charge in [-0.05, 0) is 12.1 Å². The summed E-state index contributed by atoms with van der Waals surface area (Å²) < 4.78 is 6.59. The quantitative estimate of drug-likeness (QED) is 0.790. The summed E-state index contributed by atoms with van der Waals surface area (Å²) in [7, 11) is 0. The fourth-order valence-electron chi connectivity index (χ4n) is 1.13. The van der Waals surface area contributed by atoms with Gasteiger partial charge in [-0.1, -0.05) is 0 Å². The Bertz CT molecular complexity index is 431. The summed E-state index contributed by atoms with van der Waals surface area (Å²) in [6.07, 6.45) is 3.12. The number of carboxylic acid groups (broad SMARTS) is 1. The van der Waals surface area contributed by atoms with E-state index in [-0.39, 0.29) is 6.42 Å². The minimum atomic E-state index is -0.894. The fourth-order valence-corrected chi connectivity index (χ4v) is 1.13. The molecule has 0 aliphatic heterocycles. The number of carbonyl (C=O) groups is 1. The van der Waals surface area contributed by atoms with E-state index in [0.717, 1.165) is 0 Å². The molecule has 0 radical (unpaired) electrons. The van der Waals surface area contributed by atoms with Crippen molar-refractivity contribution in [3.8, 4) is 5.88 Å². The summed E-state index contributed by atoms with van der Waals surface area (Å²) in [5.41, 5.74) is 0.508. The van der Waals surface area contributed by atoms with E-state index in [2.05, 4.69) is 5.10 Å². The number of rotatable bonds is 3. The summed E-state index contributed by atoms with van der Waals surface area (Å²) in [5, 5.41) is 12.6. The average Bonchev–Trinajstić information content (AvgIpc) is 2.69. The van der Waals surface area contributed by atoms with Crippen LogP contribution in [0.4, 0.5) is 0 Å². The van der Waals surface area contributed by atoms with Crippen molar-refractivity contribution < 1.29 is 14.3 Å². The molecule has 14 heavy (non-hydrogen) atoms. The van der Waals surface area contributed by atoms with E-state index in [1.807, 2.05) is 0 Å². The van der Waals surface area contributed by atoms with Gasteiger partial charge in [-0.25, -0.2) is 4.68 Å². The fraction of sp³-hybridized carbons (Fsp3) is 0.111. The van der Waals surface area contributed by atoms with Gasteiger partial charge in [0.05, 0.1) is 18.4 Å². The van der Waals surface area contributed by atoms with Gasteiger partial charge in [0.1, 0.15) is 0 Å². The van der Waals surface area contributed by atoms with Gasteiger partial charge in [0, 0.05) is 12.3 Å². The Labute approximate surface area is 79.6 Å². The molecule has 0 spiro atoms. The molecule has 0 aromatic carbocycles. The molecule has 1 N–H and O–H groups in total. The summed E-state index contributed by atoms with van der Waals surface area (Å²) in [6, 6.07) is 5.14. The average molecular weight is 192 g/mol. The lowest BCUT2D eigenvalue weighted by Gasteiger charge is -1.93. The number of furan rings is 1. The number of hydrogen-bond acceptors (Lipinski definition) is 3. The SMILES string of the molecule is O=C(O)Cc1ccn(-c2ccco2)n1. The lowest BCUT2D eigenvalue weighted by molar-refractivity contribution is -0.136. The number of aromatic nitrogens is 2. The molecular weight excluding hydrogens is 184 g/mol. The highest BCUT2D eigenvalue weighted by Gasteiger charge is 2.05. The van der Waals surface area contributed by atoms with Gasteiger partial charge in [0.25, 0.3) is 0 Å². The largest absolute Gasteiger partial charge is 0.481 e. The van der Waals surface area contributed by atoms with Crippen LogP contribution in [0.15, 0.2) is 35.1 Å². The Morgan fingerprint density at radius 3 is 3.07 bits per heavy atom. The molecule has 0 aliphatic carbocycles. The second-order valence-electron chi connectivity index (χ2n) is 2.77. The van der Waals surface area contributed by atoms with Crippen molar-refractivity contribution in [1.82, 2.24) is 9.78 Å². The predicted molar refractivity (Wildman–Crippen MR) is 47.2 cm³/mol. The number of hydrogen-bond donors (Lipinski definition) is 1. The Hall–Kier alpha value is -2.04. The van der Waals surface area contributed by atoms with E-state index in [9.17, 15) is 4.79 Å². The van der Waals surface area contributed by atoms with Gasteiger partial charge in [0.2, 0.25) is 5.88 Å². The Morgan fingerprint density at radius 1 is 1.57 bits per heavy atom. The van der Waals surface area contributed by atoms with Crippen molar-refractivity contribution in [3.63, 3.8) is 0 Å². The molecule has 0 atom stereocenters. The summed E-state index contributed by atoms with van der Waals surface area (Å²) >= 11 is 0. The van der Waals surface area contributed by atoms with Crippen LogP contribution in [0.25, 0.3) is 5.88 Å². The highest BCUT2D eigenvalue weighted by Crippen LogP contribution is 2.07. The van der Waals surface area contributed by atoms with E-state index in [1.165, 1.54) is 10.9 Å². The maximum absolute atomic E-state index is 10.4. The third-order valence-corrected chi connectivity index (χ3v) is 1.71. The van der Waals surface area contributed by atoms with Crippen molar-refractivity contribution in [3.05, 3.63) is 36.4 Å². The molecule has 0 unspecified atom stereocenters. The van der Waals surface area contributed by atoms with E-state index in [4.69, 9.17) is 9.52 Å². The number of nitrogens with zero attached hydrogens (tertiary/aromatic N) is 2. The smallest absolute Gasteiger partial charge is 0.309 e. The third-order valence-electron chi connectivity index (χ3n) is 1.71. The van der Waals surface area contributed by atoms with Gasteiger partial charge >= 0.3 is 5.97 Å². The van der Waals surface area contributed by atoms with Gasteiger partial charge in [-0.3, -0.25) is 4.79 Å². The maximum atomic E-state index is 10.4. The molecule has 0 amide bonds. The highest BCUT2D eigenvalue weighted by molar-refractivity contribution is 5.69. The molecule has 0 saturated carbocycles. The van der Waals surface area contributed by atoms with E-state index < -0.39 is 5.97 Å². The molecule has 5 nitrogen and oxygen atoms in total. The molecule has 72 valence electrons. The van der Waals surface area contributed by atoms with Crippen LogP contribution in [0, 0.1) is 0 Å². The topological polar surface area (TPSA) is 68.3 Å². The lowest BCUT2D eigenvalue weighted by Crippen LogP contribution is -2.01. The highest BCUT2D eigenvalue weighted by atomic mass is 16.4. The summed E-state index contributed by atoms with van der Waals surface area (Å²) in [4.78, 5) is 10.4. The summed E-state index contributed by atoms with van der Waals surface area (Å²) in [6.45, 7) is 0. The zero-order chi connectivity index (χ0) is 9.97. The van der Waals surface area contributed by atoms with E-state index >= 15 is 0 Å². The van der Waals surface area contributed by atoms with Crippen LogP contribution in [-0.2, 0) is 11.2 Å². The number of aliphatic carboxylic acids is 1. The molecule has 0 saturated heterocycles. The van der Waals surface area contributed by atoms with E-state index in [1.54, 1.807) is 24.4 Å². The normalized spacial score (nSPS) is 10.3. The zero-order valence-electron chi connectivity index (χ0n) is 7.25. The van der Waals surface area contributed by atoms with Crippen LogP contribution in [0.2, 0.25) is 0 Å². The van der Waals surface area contributed by atoms with Gasteiger partial charge in [-0.2, -0.15) is 5.10 Å². The Morgan fingerprint density at radius 2 is 2.43 bits per heavy atom. The monoisotopic (exact) mass is 192 g/mol. The van der Waals surface area contributed by atoms with Crippen LogP contribution in [0.5, 0.6) is 0 Å². The van der Waals surface area contributed by atoms with Crippen LogP contribution < -0.4 is 0 Å². The van der Waals surface area contributed by atoms with E-state index in [0.29, 0.717) is 11.6 Å². The molecular formula is C9H8N2O3. The lowest BCUT2D eigenvalue weighted by atomic mass is 10.3. The Kier molecular flexibility index (Phi) is 2.06. The van der Waals surface area contributed by atoms with Crippen molar-refractivity contribution in [1.29, 1.82) is 0 Å². The third kappa shape index (κ3) is 1.66. The molecule has 5 heteroatoms. The Balaban J connectivity index is 2.22. The van der Waals surface area contributed by atoms with Crippen molar-refractivity contribution in [2.75, 3.05) is 0 Å². The maximum Gasteiger partial charge on any atom is 0.309 e. The van der Waals surface area contributed by atoms with Crippen LogP contribution >= 0.6 is 0 Å². The van der Waals surface area contributed by atoms with Gasteiger partial charge in [-0.15, -0.1) is 0 Å².